The number of nitrogens with zero attached hydrogens (tertiary/aromatic N) is 2. The van der Waals surface area contributed by atoms with E-state index in [2.05, 4.69) is 4.98 Å². The molecule has 1 amide bonds. The van der Waals surface area contributed by atoms with Crippen LogP contribution in [0.4, 0.5) is 0 Å². The van der Waals surface area contributed by atoms with Gasteiger partial charge < -0.3 is 14.7 Å². The molecule has 1 aromatic heterocycles. The lowest BCUT2D eigenvalue weighted by atomic mass is 9.93. The van der Waals surface area contributed by atoms with Crippen LogP contribution in [-0.2, 0) is 0 Å². The number of hydrogen-bond acceptors (Lipinski definition) is 4. The van der Waals surface area contributed by atoms with Crippen LogP contribution in [0.25, 0.3) is 0 Å². The van der Waals surface area contributed by atoms with Crippen molar-refractivity contribution in [2.75, 3.05) is 19.7 Å². The zero-order chi connectivity index (χ0) is 17.9. The molecule has 0 spiro atoms. The molecule has 1 aromatic carbocycles. The summed E-state index contributed by atoms with van der Waals surface area (Å²) < 4.78 is 5.84. The van der Waals surface area contributed by atoms with Gasteiger partial charge in [-0.05, 0) is 49.9 Å². The predicted molar refractivity (Wildman–Crippen MR) is 95.7 cm³/mol. The van der Waals surface area contributed by atoms with Gasteiger partial charge in [0.1, 0.15) is 18.0 Å². The predicted octanol–water partition coefficient (Wildman–Crippen LogP) is 2.74. The van der Waals surface area contributed by atoms with Crippen molar-refractivity contribution in [3.63, 3.8) is 0 Å². The third kappa shape index (κ3) is 3.99. The van der Waals surface area contributed by atoms with E-state index >= 15 is 0 Å². The van der Waals surface area contributed by atoms with Crippen LogP contribution in [0.5, 0.6) is 5.75 Å². The Balaban J connectivity index is 1.68. The van der Waals surface area contributed by atoms with Crippen molar-refractivity contribution >= 4 is 5.91 Å². The summed E-state index contributed by atoms with van der Waals surface area (Å²) in [5.41, 5.74) is 1.48. The third-order valence-corrected chi connectivity index (χ3v) is 4.68. The largest absolute Gasteiger partial charge is 0.490 e. The van der Waals surface area contributed by atoms with Gasteiger partial charge in [-0.3, -0.25) is 9.78 Å². The molecule has 0 unspecified atom stereocenters. The zero-order valence-electron chi connectivity index (χ0n) is 14.7. The zero-order valence-corrected chi connectivity index (χ0v) is 14.7. The molecule has 1 N–H and O–H groups in total. The number of para-hydroxylation sites is 1. The topological polar surface area (TPSA) is 62.7 Å². The van der Waals surface area contributed by atoms with E-state index in [-0.39, 0.29) is 19.1 Å². The molecule has 1 aliphatic rings. The molecule has 1 fully saturated rings. The minimum absolute atomic E-state index is 0.0612. The maximum Gasteiger partial charge on any atom is 0.254 e. The van der Waals surface area contributed by atoms with Crippen molar-refractivity contribution in [1.29, 1.82) is 0 Å². The Bertz CT molecular complexity index is 762. The van der Waals surface area contributed by atoms with E-state index in [1.165, 1.54) is 0 Å². The fraction of sp³-hybridized carbons (Fsp3) is 0.400. The highest BCUT2D eigenvalue weighted by atomic mass is 16.5. The van der Waals surface area contributed by atoms with Gasteiger partial charge >= 0.3 is 0 Å². The van der Waals surface area contributed by atoms with Gasteiger partial charge in [-0.15, -0.1) is 0 Å². The average Bonchev–Trinajstić information content (AvgIpc) is 2.61. The lowest BCUT2D eigenvalue weighted by molar-refractivity contribution is -0.0533. The number of piperidine rings is 1. The monoisotopic (exact) mass is 340 g/mol. The van der Waals surface area contributed by atoms with Gasteiger partial charge in [0.25, 0.3) is 5.91 Å². The molecule has 5 heteroatoms. The molecule has 25 heavy (non-hydrogen) atoms. The Kier molecular flexibility index (Phi) is 5.04. The number of likely N-dealkylation sites (tertiary alicyclic amines) is 1. The molecule has 3 rings (SSSR count). The number of hydrogen-bond donors (Lipinski definition) is 1. The summed E-state index contributed by atoms with van der Waals surface area (Å²) in [6.45, 7) is 4.95. The summed E-state index contributed by atoms with van der Waals surface area (Å²) in [4.78, 5) is 18.5. The second kappa shape index (κ2) is 7.23. The Labute approximate surface area is 148 Å². The number of benzene rings is 1. The summed E-state index contributed by atoms with van der Waals surface area (Å²) in [6, 6.07) is 9.46. The van der Waals surface area contributed by atoms with Crippen LogP contribution < -0.4 is 4.74 Å². The third-order valence-electron chi connectivity index (χ3n) is 4.68. The Morgan fingerprint density at radius 3 is 2.84 bits per heavy atom. The van der Waals surface area contributed by atoms with Crippen LogP contribution in [-0.4, -0.2) is 46.2 Å². The molecule has 0 saturated carbocycles. The van der Waals surface area contributed by atoms with Gasteiger partial charge in [0.2, 0.25) is 0 Å². The lowest BCUT2D eigenvalue weighted by Gasteiger charge is -2.39. The molecule has 1 saturated heterocycles. The van der Waals surface area contributed by atoms with E-state index in [0.29, 0.717) is 18.5 Å². The quantitative estimate of drug-likeness (QED) is 0.930. The molecular weight excluding hydrogens is 316 g/mol. The Morgan fingerprint density at radius 2 is 2.08 bits per heavy atom. The van der Waals surface area contributed by atoms with Gasteiger partial charge in [0.15, 0.2) is 0 Å². The molecule has 1 atom stereocenters. The number of carbonyl (C=O) groups excluding carboxylic acids is 1. The normalized spacial score (nSPS) is 20.4. The van der Waals surface area contributed by atoms with Crippen LogP contribution in [0.2, 0.25) is 0 Å². The molecular formula is C20H24N2O3. The Hall–Kier alpha value is -2.40. The summed E-state index contributed by atoms with van der Waals surface area (Å²) >= 11 is 0. The summed E-state index contributed by atoms with van der Waals surface area (Å²) in [7, 11) is 0. The molecule has 1 aliphatic heterocycles. The first-order valence-electron chi connectivity index (χ1n) is 8.59. The van der Waals surface area contributed by atoms with Crippen LogP contribution in [0.15, 0.2) is 42.7 Å². The van der Waals surface area contributed by atoms with Crippen molar-refractivity contribution in [1.82, 2.24) is 9.88 Å². The molecule has 5 nitrogen and oxygen atoms in total. The number of pyridine rings is 1. The minimum Gasteiger partial charge on any atom is -0.490 e. The number of aliphatic hydroxyl groups is 1. The highest BCUT2D eigenvalue weighted by Gasteiger charge is 2.36. The molecule has 132 valence electrons. The maximum absolute atomic E-state index is 12.8. The number of aromatic nitrogens is 1. The Morgan fingerprint density at radius 1 is 1.28 bits per heavy atom. The van der Waals surface area contributed by atoms with Crippen molar-refractivity contribution in [2.24, 2.45) is 0 Å². The van der Waals surface area contributed by atoms with Crippen LogP contribution in [0, 0.1) is 13.8 Å². The first-order chi connectivity index (χ1) is 12.0. The fourth-order valence-electron chi connectivity index (χ4n) is 3.22. The standard InChI is InChI=1S/C20H24N2O3/c1-15-6-3-4-7-18(15)25-14-20(24)9-5-11-22(13-20)19(23)17-8-10-21-12-16(17)2/h3-4,6-8,10,12,24H,5,9,11,13-14H2,1-2H3/t20-/m0/s1. The molecule has 2 aromatic rings. The van der Waals surface area contributed by atoms with Crippen molar-refractivity contribution in [3.8, 4) is 5.75 Å². The average molecular weight is 340 g/mol. The van der Waals surface area contributed by atoms with E-state index in [4.69, 9.17) is 4.74 Å². The van der Waals surface area contributed by atoms with Crippen molar-refractivity contribution < 1.29 is 14.6 Å². The first-order valence-corrected chi connectivity index (χ1v) is 8.59. The molecule has 2 heterocycles. The summed E-state index contributed by atoms with van der Waals surface area (Å²) in [5.74, 6) is 0.707. The van der Waals surface area contributed by atoms with Crippen LogP contribution >= 0.6 is 0 Å². The number of rotatable bonds is 4. The van der Waals surface area contributed by atoms with E-state index in [9.17, 15) is 9.90 Å². The van der Waals surface area contributed by atoms with E-state index in [0.717, 1.165) is 23.3 Å². The van der Waals surface area contributed by atoms with Gasteiger partial charge in [-0.25, -0.2) is 0 Å². The number of carbonyl (C=O) groups is 1. The van der Waals surface area contributed by atoms with E-state index in [1.807, 2.05) is 38.1 Å². The summed E-state index contributed by atoms with van der Waals surface area (Å²) in [5, 5.41) is 10.9. The van der Waals surface area contributed by atoms with E-state index < -0.39 is 5.60 Å². The van der Waals surface area contributed by atoms with E-state index in [1.54, 1.807) is 23.4 Å². The number of amides is 1. The van der Waals surface area contributed by atoms with Gasteiger partial charge in [0.05, 0.1) is 6.54 Å². The number of β-amino-alcohol motifs (C(OH)–C–C–N with tert-alkyl or cyclic N) is 1. The van der Waals surface area contributed by atoms with Gasteiger partial charge in [-0.1, -0.05) is 18.2 Å². The SMILES string of the molecule is Cc1ccccc1OC[C@]1(O)CCCN(C(=O)c2ccncc2C)C1. The maximum atomic E-state index is 12.8. The second-order valence-electron chi connectivity index (χ2n) is 6.80. The minimum atomic E-state index is -1.03. The number of aryl methyl sites for hydroxylation is 2. The lowest BCUT2D eigenvalue weighted by Crippen LogP contribution is -2.53. The number of ether oxygens (including phenoxy) is 1. The smallest absolute Gasteiger partial charge is 0.254 e. The fourth-order valence-corrected chi connectivity index (χ4v) is 3.22. The van der Waals surface area contributed by atoms with Crippen molar-refractivity contribution in [3.05, 3.63) is 59.4 Å². The molecule has 0 bridgehead atoms. The molecule has 0 aliphatic carbocycles. The summed E-state index contributed by atoms with van der Waals surface area (Å²) in [6.07, 6.45) is 4.68. The van der Waals surface area contributed by atoms with Crippen LogP contribution in [0.3, 0.4) is 0 Å². The van der Waals surface area contributed by atoms with Crippen LogP contribution in [0.1, 0.15) is 34.3 Å². The second-order valence-corrected chi connectivity index (χ2v) is 6.80. The highest BCUT2D eigenvalue weighted by molar-refractivity contribution is 5.95. The first kappa shape index (κ1) is 17.4. The highest BCUT2D eigenvalue weighted by Crippen LogP contribution is 2.25. The molecule has 0 radical (unpaired) electrons. The van der Waals surface area contributed by atoms with Gasteiger partial charge in [0, 0.05) is 24.5 Å². The van der Waals surface area contributed by atoms with Crippen molar-refractivity contribution in [2.45, 2.75) is 32.3 Å². The van der Waals surface area contributed by atoms with Gasteiger partial charge in [-0.2, -0.15) is 0 Å².